The lowest BCUT2D eigenvalue weighted by atomic mass is 10.1. The van der Waals surface area contributed by atoms with Crippen LogP contribution in [0.25, 0.3) is 10.9 Å². The molecule has 1 aromatic heterocycles. The number of rotatable bonds is 5. The van der Waals surface area contributed by atoms with E-state index in [1.54, 1.807) is 6.92 Å². The maximum absolute atomic E-state index is 12.7. The quantitative estimate of drug-likeness (QED) is 0.590. The second kappa shape index (κ2) is 8.61. The molecular weight excluding hydrogens is 392 g/mol. The number of esters is 1. The number of fused-ring (bicyclic) bond motifs is 2. The molecule has 0 bridgehead atoms. The summed E-state index contributed by atoms with van der Waals surface area (Å²) in [5.41, 5.74) is 3.13. The van der Waals surface area contributed by atoms with Crippen LogP contribution in [0.2, 0.25) is 0 Å². The molecule has 31 heavy (non-hydrogen) atoms. The first-order chi connectivity index (χ1) is 15.2. The van der Waals surface area contributed by atoms with E-state index in [1.807, 2.05) is 30.3 Å². The molecule has 2 saturated heterocycles. The molecule has 160 valence electrons. The first-order valence-electron chi connectivity index (χ1n) is 10.8. The second-order valence-electron chi connectivity index (χ2n) is 7.97. The van der Waals surface area contributed by atoms with Gasteiger partial charge in [0.15, 0.2) is 5.69 Å². The smallest absolute Gasteiger partial charge is 0.361 e. The highest BCUT2D eigenvalue weighted by molar-refractivity contribution is 6.03. The SMILES string of the molecule is CCOC(=O)c1nnc2ccccc2c1N1CC2OCCN(Cc3ccccc3)C2C1. The molecule has 5 rings (SSSR count). The van der Waals surface area contributed by atoms with Crippen molar-refractivity contribution in [3.63, 3.8) is 0 Å². The summed E-state index contributed by atoms with van der Waals surface area (Å²) in [6.45, 7) is 6.06. The van der Waals surface area contributed by atoms with Gasteiger partial charge in [-0.2, -0.15) is 0 Å². The molecule has 0 aliphatic carbocycles. The first kappa shape index (κ1) is 19.9. The third-order valence-corrected chi connectivity index (χ3v) is 6.07. The van der Waals surface area contributed by atoms with Crippen molar-refractivity contribution in [3.8, 4) is 0 Å². The van der Waals surface area contributed by atoms with Gasteiger partial charge in [-0.25, -0.2) is 4.79 Å². The molecule has 2 unspecified atom stereocenters. The minimum Gasteiger partial charge on any atom is -0.461 e. The molecule has 2 aliphatic rings. The number of hydrogen-bond donors (Lipinski definition) is 0. The largest absolute Gasteiger partial charge is 0.461 e. The molecule has 0 radical (unpaired) electrons. The van der Waals surface area contributed by atoms with Gasteiger partial charge < -0.3 is 14.4 Å². The predicted molar refractivity (Wildman–Crippen MR) is 118 cm³/mol. The highest BCUT2D eigenvalue weighted by Gasteiger charge is 2.41. The fourth-order valence-electron chi connectivity index (χ4n) is 4.65. The Morgan fingerprint density at radius 1 is 1.10 bits per heavy atom. The van der Waals surface area contributed by atoms with Crippen molar-refractivity contribution in [1.29, 1.82) is 0 Å². The molecule has 7 nitrogen and oxygen atoms in total. The van der Waals surface area contributed by atoms with Gasteiger partial charge in [-0.15, -0.1) is 10.2 Å². The minimum absolute atomic E-state index is 0.0828. The monoisotopic (exact) mass is 418 g/mol. The highest BCUT2D eigenvalue weighted by Crippen LogP contribution is 2.34. The summed E-state index contributed by atoms with van der Waals surface area (Å²) in [7, 11) is 0. The summed E-state index contributed by atoms with van der Waals surface area (Å²) in [4.78, 5) is 17.4. The Bertz CT molecular complexity index is 1070. The van der Waals surface area contributed by atoms with Crippen LogP contribution >= 0.6 is 0 Å². The average molecular weight is 418 g/mol. The van der Waals surface area contributed by atoms with Gasteiger partial charge in [-0.05, 0) is 18.6 Å². The van der Waals surface area contributed by atoms with E-state index in [9.17, 15) is 4.79 Å². The van der Waals surface area contributed by atoms with Crippen LogP contribution in [-0.2, 0) is 16.0 Å². The van der Waals surface area contributed by atoms with Crippen LogP contribution in [0.5, 0.6) is 0 Å². The molecule has 0 amide bonds. The number of nitrogens with zero attached hydrogens (tertiary/aromatic N) is 4. The van der Waals surface area contributed by atoms with Crippen LogP contribution in [-0.4, -0.2) is 66.1 Å². The fraction of sp³-hybridized carbons (Fsp3) is 0.375. The molecule has 2 fully saturated rings. The molecule has 3 aromatic rings. The second-order valence-corrected chi connectivity index (χ2v) is 7.97. The highest BCUT2D eigenvalue weighted by atomic mass is 16.5. The zero-order chi connectivity index (χ0) is 21.2. The normalized spacial score (nSPS) is 21.3. The zero-order valence-electron chi connectivity index (χ0n) is 17.6. The lowest BCUT2D eigenvalue weighted by molar-refractivity contribution is -0.0499. The zero-order valence-corrected chi connectivity index (χ0v) is 17.6. The molecule has 2 atom stereocenters. The van der Waals surface area contributed by atoms with Crippen molar-refractivity contribution >= 4 is 22.6 Å². The van der Waals surface area contributed by atoms with E-state index in [-0.39, 0.29) is 17.8 Å². The van der Waals surface area contributed by atoms with E-state index >= 15 is 0 Å². The van der Waals surface area contributed by atoms with Gasteiger partial charge >= 0.3 is 5.97 Å². The van der Waals surface area contributed by atoms with E-state index < -0.39 is 5.97 Å². The Balaban J connectivity index is 1.48. The molecule has 0 spiro atoms. The summed E-state index contributed by atoms with van der Waals surface area (Å²) in [6.07, 6.45) is 0.0828. The number of carbonyl (C=O) groups excluding carboxylic acids is 1. The van der Waals surface area contributed by atoms with Gasteiger partial charge in [0, 0.05) is 31.6 Å². The summed E-state index contributed by atoms with van der Waals surface area (Å²) in [5, 5.41) is 9.42. The summed E-state index contributed by atoms with van der Waals surface area (Å²) < 4.78 is 11.4. The van der Waals surface area contributed by atoms with Crippen LogP contribution in [0, 0.1) is 0 Å². The molecule has 2 aliphatic heterocycles. The van der Waals surface area contributed by atoms with Gasteiger partial charge in [-0.1, -0.05) is 48.5 Å². The Morgan fingerprint density at radius 3 is 2.74 bits per heavy atom. The Morgan fingerprint density at radius 2 is 1.90 bits per heavy atom. The summed E-state index contributed by atoms with van der Waals surface area (Å²) >= 11 is 0. The van der Waals surface area contributed by atoms with Crippen molar-refractivity contribution in [2.24, 2.45) is 0 Å². The third-order valence-electron chi connectivity index (χ3n) is 6.07. The van der Waals surface area contributed by atoms with Gasteiger partial charge in [0.05, 0.1) is 36.6 Å². The molecule has 7 heteroatoms. The molecular formula is C24H26N4O3. The lowest BCUT2D eigenvalue weighted by Crippen LogP contribution is -2.50. The minimum atomic E-state index is -0.437. The van der Waals surface area contributed by atoms with E-state index in [0.717, 1.165) is 36.2 Å². The molecule has 3 heterocycles. The number of hydrogen-bond acceptors (Lipinski definition) is 7. The van der Waals surface area contributed by atoms with Crippen molar-refractivity contribution in [3.05, 3.63) is 65.9 Å². The summed E-state index contributed by atoms with van der Waals surface area (Å²) in [5.74, 6) is -0.437. The number of anilines is 1. The maximum Gasteiger partial charge on any atom is 0.361 e. The Hall–Kier alpha value is -3.03. The van der Waals surface area contributed by atoms with Crippen LogP contribution in [0.3, 0.4) is 0 Å². The van der Waals surface area contributed by atoms with E-state index in [4.69, 9.17) is 9.47 Å². The van der Waals surface area contributed by atoms with E-state index in [1.165, 1.54) is 5.56 Å². The van der Waals surface area contributed by atoms with Gasteiger partial charge in [0.25, 0.3) is 0 Å². The maximum atomic E-state index is 12.7. The topological polar surface area (TPSA) is 67.8 Å². The van der Waals surface area contributed by atoms with Crippen molar-refractivity contribution in [2.45, 2.75) is 25.6 Å². The number of benzene rings is 2. The molecule has 0 saturated carbocycles. The number of ether oxygens (including phenoxy) is 2. The van der Waals surface area contributed by atoms with Crippen molar-refractivity contribution < 1.29 is 14.3 Å². The standard InChI is InChI=1S/C24H26N4O3/c1-2-30-24(29)22-23(18-10-6-7-11-19(18)25-26-22)28-15-20-21(16-28)31-13-12-27(20)14-17-8-4-3-5-9-17/h3-11,20-21H,2,12-16H2,1H3. The van der Waals surface area contributed by atoms with E-state index in [0.29, 0.717) is 19.8 Å². The Labute approximate surface area is 181 Å². The van der Waals surface area contributed by atoms with Gasteiger partial charge in [0.2, 0.25) is 0 Å². The summed E-state index contributed by atoms with van der Waals surface area (Å²) in [6, 6.07) is 18.6. The van der Waals surface area contributed by atoms with Crippen molar-refractivity contribution in [2.75, 3.05) is 37.7 Å². The Kier molecular flexibility index (Phi) is 5.53. The van der Waals surface area contributed by atoms with Crippen LogP contribution in [0.1, 0.15) is 23.0 Å². The van der Waals surface area contributed by atoms with Crippen LogP contribution < -0.4 is 4.90 Å². The molecule has 0 N–H and O–H groups in total. The van der Waals surface area contributed by atoms with E-state index in [2.05, 4.69) is 44.3 Å². The fourth-order valence-corrected chi connectivity index (χ4v) is 4.65. The average Bonchev–Trinajstić information content (AvgIpc) is 3.24. The third kappa shape index (κ3) is 3.86. The number of morpholine rings is 1. The molecule has 2 aromatic carbocycles. The number of aromatic nitrogens is 2. The van der Waals surface area contributed by atoms with Crippen molar-refractivity contribution in [1.82, 2.24) is 15.1 Å². The van der Waals surface area contributed by atoms with Gasteiger partial charge in [0.1, 0.15) is 0 Å². The number of carbonyl (C=O) groups is 1. The van der Waals surface area contributed by atoms with Crippen LogP contribution in [0.4, 0.5) is 5.69 Å². The van der Waals surface area contributed by atoms with Crippen LogP contribution in [0.15, 0.2) is 54.6 Å². The predicted octanol–water partition coefficient (Wildman–Crippen LogP) is 2.90. The lowest BCUT2D eigenvalue weighted by Gasteiger charge is -2.36. The van der Waals surface area contributed by atoms with Gasteiger partial charge in [-0.3, -0.25) is 4.90 Å². The first-order valence-corrected chi connectivity index (χ1v) is 10.8.